The number of allylic oxidation sites excluding steroid dienone is 8. The van der Waals surface area contributed by atoms with E-state index in [0.29, 0.717) is 5.57 Å². The lowest BCUT2D eigenvalue weighted by Gasteiger charge is -2.26. The Morgan fingerprint density at radius 3 is 2.27 bits per heavy atom. The van der Waals surface area contributed by atoms with Gasteiger partial charge in [0.2, 0.25) is 0 Å². The fraction of sp³-hybridized carbons (Fsp3) is 0.516. The highest BCUT2D eigenvalue weighted by atomic mass is 16.6. The molecule has 0 amide bonds. The molecule has 0 saturated heterocycles. The molecule has 2 saturated carbocycles. The minimum atomic E-state index is -0.601. The smallest absolute Gasteiger partial charge is 0.346 e. The lowest BCUT2D eigenvalue weighted by atomic mass is 9.88. The van der Waals surface area contributed by atoms with Crippen LogP contribution >= 0.6 is 0 Å². The summed E-state index contributed by atoms with van der Waals surface area (Å²) in [4.78, 5) is 31.8. The predicted octanol–water partition coefficient (Wildman–Crippen LogP) is 6.33. The number of carbonyl (C=O) groups excluding carboxylic acids is 2. The number of nitrogens with zero attached hydrogens (tertiary/aromatic N) is 1. The summed E-state index contributed by atoms with van der Waals surface area (Å²) in [5, 5.41) is 3.44. The standard InChI is InChI=1S/C31H40N2O4/c1-20-18-21(2)25-16-11-17-26(28(30(35)36-4)27(25)22(3)19-20)29(34)37-31(32-23-12-7-5-8-13-23)33-24-14-9-6-10-15-24/h11,16-19,23-24H,5-10,12-15H2,1-4H3,(H,32,33). The summed E-state index contributed by atoms with van der Waals surface area (Å²) in [6.45, 7) is 5.99. The van der Waals surface area contributed by atoms with Gasteiger partial charge in [-0.25, -0.2) is 14.6 Å². The number of carbonyl (C=O) groups is 2. The highest BCUT2D eigenvalue weighted by molar-refractivity contribution is 6.09. The molecule has 4 aliphatic carbocycles. The molecule has 0 radical (unpaired) electrons. The van der Waals surface area contributed by atoms with Crippen molar-refractivity contribution in [2.45, 2.75) is 97.1 Å². The lowest BCUT2D eigenvalue weighted by molar-refractivity contribution is -0.137. The van der Waals surface area contributed by atoms with Crippen LogP contribution in [0.25, 0.3) is 0 Å². The molecule has 4 aliphatic rings. The number of amidine groups is 1. The third-order valence-corrected chi connectivity index (χ3v) is 7.63. The Hall–Kier alpha value is -3.15. The molecule has 0 aliphatic heterocycles. The first kappa shape index (κ1) is 26.9. The van der Waals surface area contributed by atoms with E-state index in [1.807, 2.05) is 32.9 Å². The van der Waals surface area contributed by atoms with Gasteiger partial charge in [-0.15, -0.1) is 0 Å². The van der Waals surface area contributed by atoms with Crippen LogP contribution in [0.3, 0.4) is 0 Å². The normalized spacial score (nSPS) is 21.8. The SMILES string of the molecule is COC(=O)C1=C(C(=O)OC(=NC2CCCCC2)NC2CCCCC2)C=CC=C2C(C)=CC(C)=CC(C)=C21. The minimum absolute atomic E-state index is 0.146. The fourth-order valence-electron chi connectivity index (χ4n) is 5.81. The van der Waals surface area contributed by atoms with Crippen molar-refractivity contribution in [1.82, 2.24) is 5.32 Å². The molecule has 2 fully saturated rings. The zero-order valence-corrected chi connectivity index (χ0v) is 22.7. The van der Waals surface area contributed by atoms with Gasteiger partial charge in [0.15, 0.2) is 0 Å². The van der Waals surface area contributed by atoms with Gasteiger partial charge < -0.3 is 14.8 Å². The molecular weight excluding hydrogens is 464 g/mol. The van der Waals surface area contributed by atoms with E-state index in [2.05, 4.69) is 11.4 Å². The Morgan fingerprint density at radius 1 is 0.919 bits per heavy atom. The van der Waals surface area contributed by atoms with Crippen molar-refractivity contribution in [2.75, 3.05) is 7.11 Å². The molecule has 4 rings (SSSR count). The molecule has 6 nitrogen and oxygen atoms in total. The molecule has 0 aromatic carbocycles. The summed E-state index contributed by atoms with van der Waals surface area (Å²) in [5.41, 5.74) is 4.96. The van der Waals surface area contributed by atoms with Crippen LogP contribution in [0.5, 0.6) is 0 Å². The molecule has 0 aromatic heterocycles. The maximum atomic E-state index is 13.8. The molecular formula is C31H40N2O4. The number of hydrogen-bond donors (Lipinski definition) is 1. The quantitative estimate of drug-likeness (QED) is 0.275. The molecule has 0 aromatic rings. The molecule has 198 valence electrons. The molecule has 0 bridgehead atoms. The predicted molar refractivity (Wildman–Crippen MR) is 147 cm³/mol. The first-order valence-electron chi connectivity index (χ1n) is 13.7. The highest BCUT2D eigenvalue weighted by Crippen LogP contribution is 2.37. The summed E-state index contributed by atoms with van der Waals surface area (Å²) >= 11 is 0. The average molecular weight is 505 g/mol. The second-order valence-corrected chi connectivity index (χ2v) is 10.6. The van der Waals surface area contributed by atoms with Gasteiger partial charge in [0, 0.05) is 11.6 Å². The molecule has 0 spiro atoms. The maximum absolute atomic E-state index is 13.8. The van der Waals surface area contributed by atoms with Gasteiger partial charge in [0.05, 0.1) is 24.3 Å². The van der Waals surface area contributed by atoms with E-state index in [0.717, 1.165) is 73.7 Å². The van der Waals surface area contributed by atoms with E-state index >= 15 is 0 Å². The summed E-state index contributed by atoms with van der Waals surface area (Å²) < 4.78 is 11.2. The van der Waals surface area contributed by atoms with Crippen LogP contribution in [0, 0.1) is 0 Å². The first-order valence-corrected chi connectivity index (χ1v) is 13.7. The number of rotatable bonds is 4. The number of aliphatic imine (C=N–C) groups is 1. The zero-order chi connectivity index (χ0) is 26.4. The van der Waals surface area contributed by atoms with Crippen LogP contribution in [0.4, 0.5) is 0 Å². The van der Waals surface area contributed by atoms with E-state index in [9.17, 15) is 9.59 Å². The van der Waals surface area contributed by atoms with Crippen molar-refractivity contribution in [3.8, 4) is 0 Å². The van der Waals surface area contributed by atoms with Crippen LogP contribution in [-0.4, -0.2) is 37.2 Å². The van der Waals surface area contributed by atoms with Crippen LogP contribution in [0.1, 0.15) is 85.0 Å². The second-order valence-electron chi connectivity index (χ2n) is 10.6. The first-order chi connectivity index (χ1) is 17.9. The largest absolute Gasteiger partial charge is 0.465 e. The van der Waals surface area contributed by atoms with Crippen molar-refractivity contribution >= 4 is 18.0 Å². The van der Waals surface area contributed by atoms with E-state index in [-0.39, 0.29) is 29.3 Å². The zero-order valence-electron chi connectivity index (χ0n) is 22.7. The average Bonchev–Trinajstić information content (AvgIpc) is 3.15. The number of ether oxygens (including phenoxy) is 2. The van der Waals surface area contributed by atoms with Gasteiger partial charge in [-0.3, -0.25) is 0 Å². The Labute approximate surface area is 221 Å². The van der Waals surface area contributed by atoms with Gasteiger partial charge in [-0.2, -0.15) is 0 Å². The van der Waals surface area contributed by atoms with E-state index in [4.69, 9.17) is 14.5 Å². The van der Waals surface area contributed by atoms with Crippen molar-refractivity contribution < 1.29 is 19.1 Å². The van der Waals surface area contributed by atoms with Gasteiger partial charge in [0.1, 0.15) is 0 Å². The van der Waals surface area contributed by atoms with E-state index in [1.54, 1.807) is 12.2 Å². The molecule has 0 atom stereocenters. The van der Waals surface area contributed by atoms with Crippen molar-refractivity contribution in [3.05, 3.63) is 69.4 Å². The minimum Gasteiger partial charge on any atom is -0.465 e. The van der Waals surface area contributed by atoms with Crippen molar-refractivity contribution in [1.29, 1.82) is 0 Å². The monoisotopic (exact) mass is 504 g/mol. The number of fused-ring (bicyclic) bond motifs is 1. The number of nitrogens with one attached hydrogen (secondary N) is 1. The van der Waals surface area contributed by atoms with Gasteiger partial charge in [0.25, 0.3) is 6.02 Å². The molecule has 1 N–H and O–H groups in total. The van der Waals surface area contributed by atoms with Crippen LogP contribution in [0.2, 0.25) is 0 Å². The molecule has 0 unspecified atom stereocenters. The number of esters is 2. The fourth-order valence-corrected chi connectivity index (χ4v) is 5.81. The van der Waals surface area contributed by atoms with Crippen LogP contribution in [-0.2, 0) is 19.1 Å². The number of methoxy groups -OCH3 is 1. The third-order valence-electron chi connectivity index (χ3n) is 7.63. The Morgan fingerprint density at radius 2 is 1.59 bits per heavy atom. The third kappa shape index (κ3) is 6.60. The van der Waals surface area contributed by atoms with Crippen molar-refractivity contribution in [2.24, 2.45) is 4.99 Å². The van der Waals surface area contributed by atoms with Crippen LogP contribution < -0.4 is 5.32 Å². The highest BCUT2D eigenvalue weighted by Gasteiger charge is 2.31. The van der Waals surface area contributed by atoms with Crippen molar-refractivity contribution in [3.63, 3.8) is 0 Å². The summed E-state index contributed by atoms with van der Waals surface area (Å²) in [6, 6.07) is 0.667. The Balaban J connectivity index is 1.72. The van der Waals surface area contributed by atoms with Gasteiger partial charge >= 0.3 is 11.9 Å². The van der Waals surface area contributed by atoms with E-state index < -0.39 is 11.9 Å². The van der Waals surface area contributed by atoms with Gasteiger partial charge in [-0.1, -0.05) is 68.4 Å². The number of hydrogen-bond acceptors (Lipinski definition) is 5. The van der Waals surface area contributed by atoms with Gasteiger partial charge in [-0.05, 0) is 69.2 Å². The van der Waals surface area contributed by atoms with Crippen LogP contribution in [0.15, 0.2) is 74.4 Å². The summed E-state index contributed by atoms with van der Waals surface area (Å²) in [6.07, 6.45) is 20.6. The Bertz CT molecular complexity index is 1130. The topological polar surface area (TPSA) is 77.0 Å². The molecule has 0 heterocycles. The van der Waals surface area contributed by atoms with E-state index in [1.165, 1.54) is 20.0 Å². The second kappa shape index (κ2) is 12.4. The summed E-state index contributed by atoms with van der Waals surface area (Å²) in [7, 11) is 1.34. The maximum Gasteiger partial charge on any atom is 0.346 e. The molecule has 6 heteroatoms. The lowest BCUT2D eigenvalue weighted by Crippen LogP contribution is -2.40. The Kier molecular flexibility index (Phi) is 9.01. The molecule has 37 heavy (non-hydrogen) atoms. The summed E-state index contributed by atoms with van der Waals surface area (Å²) in [5.74, 6) is -1.17.